The van der Waals surface area contributed by atoms with Gasteiger partial charge in [-0.15, -0.1) is 0 Å². The Balaban J connectivity index is 1.87. The standard InChI is InChI=1S/C18H16N2O4/c1-11-16(10-12-2-8-15(21)9-3-12)17(22)20(19-11)14-6-4-13(5-7-14)18(23)24/h2-11,19,21H,1H3,(H,23,24)/b16-10-. The van der Waals surface area contributed by atoms with Crippen molar-refractivity contribution in [1.82, 2.24) is 5.43 Å². The van der Waals surface area contributed by atoms with Crippen LogP contribution in [0.5, 0.6) is 5.75 Å². The number of aromatic carboxylic acids is 1. The summed E-state index contributed by atoms with van der Waals surface area (Å²) in [5.74, 6) is -1.04. The first kappa shape index (κ1) is 15.8. The number of phenols is 1. The number of phenolic OH excluding ortho intramolecular Hbond substituents is 1. The highest BCUT2D eigenvalue weighted by Gasteiger charge is 2.32. The zero-order chi connectivity index (χ0) is 17.3. The van der Waals surface area contributed by atoms with E-state index in [4.69, 9.17) is 5.11 Å². The number of nitrogens with zero attached hydrogens (tertiary/aromatic N) is 1. The van der Waals surface area contributed by atoms with E-state index in [-0.39, 0.29) is 23.3 Å². The van der Waals surface area contributed by atoms with Crippen LogP contribution < -0.4 is 10.4 Å². The fraction of sp³-hybridized carbons (Fsp3) is 0.111. The second-order valence-electron chi connectivity index (χ2n) is 5.53. The minimum absolute atomic E-state index is 0.165. The lowest BCUT2D eigenvalue weighted by Crippen LogP contribution is -2.36. The molecule has 1 amide bonds. The minimum atomic E-state index is -1.01. The van der Waals surface area contributed by atoms with Gasteiger partial charge in [0.1, 0.15) is 5.75 Å². The summed E-state index contributed by atoms with van der Waals surface area (Å²) >= 11 is 0. The molecule has 1 fully saturated rings. The third-order valence-corrected chi connectivity index (χ3v) is 3.83. The van der Waals surface area contributed by atoms with Crippen molar-refractivity contribution in [3.8, 4) is 5.75 Å². The fourth-order valence-corrected chi connectivity index (χ4v) is 2.52. The van der Waals surface area contributed by atoms with Crippen LogP contribution in [0.2, 0.25) is 0 Å². The number of hydrogen-bond donors (Lipinski definition) is 3. The van der Waals surface area contributed by atoms with Gasteiger partial charge in [0.2, 0.25) is 0 Å². The molecule has 1 unspecified atom stereocenters. The Morgan fingerprint density at radius 2 is 1.75 bits per heavy atom. The molecule has 0 bridgehead atoms. The number of amides is 1. The monoisotopic (exact) mass is 324 g/mol. The maximum absolute atomic E-state index is 12.6. The molecule has 0 aliphatic carbocycles. The van der Waals surface area contributed by atoms with Gasteiger partial charge in [0, 0.05) is 5.57 Å². The number of nitrogens with one attached hydrogen (secondary N) is 1. The van der Waals surface area contributed by atoms with E-state index in [9.17, 15) is 14.7 Å². The maximum Gasteiger partial charge on any atom is 0.335 e. The Morgan fingerprint density at radius 3 is 2.33 bits per heavy atom. The predicted octanol–water partition coefficient (Wildman–Crippen LogP) is 2.41. The van der Waals surface area contributed by atoms with E-state index in [1.807, 2.05) is 6.92 Å². The number of rotatable bonds is 3. The van der Waals surface area contributed by atoms with Crippen LogP contribution in [0.1, 0.15) is 22.8 Å². The predicted molar refractivity (Wildman–Crippen MR) is 89.6 cm³/mol. The number of aromatic hydroxyl groups is 1. The Kier molecular flexibility index (Phi) is 4.05. The third-order valence-electron chi connectivity index (χ3n) is 3.83. The summed E-state index contributed by atoms with van der Waals surface area (Å²) in [7, 11) is 0. The molecule has 2 aromatic carbocycles. The Morgan fingerprint density at radius 1 is 1.12 bits per heavy atom. The normalized spacial score (nSPS) is 19.0. The molecule has 6 nitrogen and oxygen atoms in total. The fourth-order valence-electron chi connectivity index (χ4n) is 2.52. The number of carboxylic acids is 1. The summed E-state index contributed by atoms with van der Waals surface area (Å²) in [6.45, 7) is 1.87. The molecule has 122 valence electrons. The van der Waals surface area contributed by atoms with Gasteiger partial charge in [0.05, 0.1) is 17.3 Å². The lowest BCUT2D eigenvalue weighted by atomic mass is 10.1. The summed E-state index contributed by atoms with van der Waals surface area (Å²) < 4.78 is 0. The maximum atomic E-state index is 12.6. The van der Waals surface area contributed by atoms with E-state index < -0.39 is 5.97 Å². The minimum Gasteiger partial charge on any atom is -0.508 e. The summed E-state index contributed by atoms with van der Waals surface area (Å²) in [6, 6.07) is 12.5. The Hall–Kier alpha value is -3.12. The molecule has 1 aliphatic heterocycles. The SMILES string of the molecule is CC1NN(c2ccc(C(=O)O)cc2)C(=O)/C1=C\c1ccc(O)cc1. The van der Waals surface area contributed by atoms with Crippen LogP contribution in [0.15, 0.2) is 54.1 Å². The van der Waals surface area contributed by atoms with Crippen LogP contribution in [0.4, 0.5) is 5.69 Å². The van der Waals surface area contributed by atoms with Crippen LogP contribution in [0.3, 0.4) is 0 Å². The van der Waals surface area contributed by atoms with E-state index in [2.05, 4.69) is 5.43 Å². The van der Waals surface area contributed by atoms with Crippen molar-refractivity contribution in [2.75, 3.05) is 5.01 Å². The molecule has 3 N–H and O–H groups in total. The molecule has 3 rings (SSSR count). The first-order chi connectivity index (χ1) is 11.5. The van der Waals surface area contributed by atoms with Crippen LogP contribution in [-0.2, 0) is 4.79 Å². The molecule has 0 radical (unpaired) electrons. The molecule has 0 saturated carbocycles. The molecule has 1 aliphatic rings. The van der Waals surface area contributed by atoms with Crippen molar-refractivity contribution in [2.45, 2.75) is 13.0 Å². The molecule has 2 aromatic rings. The lowest BCUT2D eigenvalue weighted by molar-refractivity contribution is -0.114. The van der Waals surface area contributed by atoms with Gasteiger partial charge in [-0.2, -0.15) is 0 Å². The number of benzene rings is 2. The number of hydrogen-bond acceptors (Lipinski definition) is 4. The summed E-state index contributed by atoms with van der Waals surface area (Å²) in [5, 5.41) is 19.7. The second-order valence-corrected chi connectivity index (χ2v) is 5.53. The van der Waals surface area contributed by atoms with Crippen molar-refractivity contribution in [3.63, 3.8) is 0 Å². The van der Waals surface area contributed by atoms with Crippen molar-refractivity contribution in [3.05, 3.63) is 65.2 Å². The topological polar surface area (TPSA) is 89.9 Å². The number of carboxylic acid groups (broad SMARTS) is 1. The van der Waals surface area contributed by atoms with Crippen molar-refractivity contribution in [1.29, 1.82) is 0 Å². The van der Waals surface area contributed by atoms with Gasteiger partial charge in [-0.3, -0.25) is 4.79 Å². The second kappa shape index (κ2) is 6.17. The van der Waals surface area contributed by atoms with E-state index in [0.29, 0.717) is 11.3 Å². The summed E-state index contributed by atoms with van der Waals surface area (Å²) in [5.41, 5.74) is 5.21. The zero-order valence-corrected chi connectivity index (χ0v) is 12.9. The van der Waals surface area contributed by atoms with Crippen LogP contribution in [0, 0.1) is 0 Å². The van der Waals surface area contributed by atoms with Gasteiger partial charge >= 0.3 is 5.97 Å². The van der Waals surface area contributed by atoms with Crippen molar-refractivity contribution >= 4 is 23.6 Å². The Bertz CT molecular complexity index is 810. The molecule has 1 atom stereocenters. The molecule has 1 saturated heterocycles. The first-order valence-electron chi connectivity index (χ1n) is 7.40. The molecule has 1 heterocycles. The van der Waals surface area contributed by atoms with Crippen LogP contribution >= 0.6 is 0 Å². The van der Waals surface area contributed by atoms with Gasteiger partial charge in [0.15, 0.2) is 0 Å². The van der Waals surface area contributed by atoms with Gasteiger partial charge in [-0.05, 0) is 55.0 Å². The van der Waals surface area contributed by atoms with E-state index in [1.54, 1.807) is 42.5 Å². The molecule has 0 spiro atoms. The third kappa shape index (κ3) is 3.00. The quantitative estimate of drug-likeness (QED) is 0.754. The smallest absolute Gasteiger partial charge is 0.335 e. The molecule has 6 heteroatoms. The number of carbonyl (C=O) groups is 2. The van der Waals surface area contributed by atoms with Crippen molar-refractivity contribution in [2.24, 2.45) is 0 Å². The molecule has 0 aromatic heterocycles. The lowest BCUT2D eigenvalue weighted by Gasteiger charge is -2.16. The average Bonchev–Trinajstić information content (AvgIpc) is 2.85. The highest BCUT2D eigenvalue weighted by molar-refractivity contribution is 6.11. The van der Waals surface area contributed by atoms with Gasteiger partial charge in [0.25, 0.3) is 5.91 Å². The zero-order valence-electron chi connectivity index (χ0n) is 12.9. The van der Waals surface area contributed by atoms with E-state index >= 15 is 0 Å². The Labute approximate surface area is 138 Å². The highest BCUT2D eigenvalue weighted by atomic mass is 16.4. The molecular weight excluding hydrogens is 308 g/mol. The highest BCUT2D eigenvalue weighted by Crippen LogP contribution is 2.25. The number of hydrazine groups is 1. The average molecular weight is 324 g/mol. The van der Waals surface area contributed by atoms with Crippen LogP contribution in [-0.4, -0.2) is 28.1 Å². The summed E-state index contributed by atoms with van der Waals surface area (Å²) in [4.78, 5) is 23.5. The molecule has 24 heavy (non-hydrogen) atoms. The van der Waals surface area contributed by atoms with E-state index in [0.717, 1.165) is 5.56 Å². The van der Waals surface area contributed by atoms with Gasteiger partial charge in [-0.25, -0.2) is 15.2 Å². The van der Waals surface area contributed by atoms with Crippen molar-refractivity contribution < 1.29 is 19.8 Å². The van der Waals surface area contributed by atoms with Gasteiger partial charge < -0.3 is 10.2 Å². The number of anilines is 1. The number of carbonyl (C=O) groups excluding carboxylic acids is 1. The van der Waals surface area contributed by atoms with Gasteiger partial charge in [-0.1, -0.05) is 12.1 Å². The molecular formula is C18H16N2O4. The van der Waals surface area contributed by atoms with Crippen LogP contribution in [0.25, 0.3) is 6.08 Å². The first-order valence-corrected chi connectivity index (χ1v) is 7.40. The van der Waals surface area contributed by atoms with E-state index in [1.165, 1.54) is 17.1 Å². The summed E-state index contributed by atoms with van der Waals surface area (Å²) in [6.07, 6.45) is 1.77. The largest absolute Gasteiger partial charge is 0.508 e.